The monoisotopic (exact) mass is 427 g/mol. The van der Waals surface area contributed by atoms with Crippen LogP contribution in [0.4, 0.5) is 0 Å². The molecular formula is C17H18BrNO5S. The number of hydrogen-bond donors (Lipinski definition) is 1. The number of nitrogens with one attached hydrogen (secondary N) is 1. The van der Waals surface area contributed by atoms with Crippen molar-refractivity contribution in [2.45, 2.75) is 29.6 Å². The first-order chi connectivity index (χ1) is 11.9. The number of hydrogen-bond acceptors (Lipinski definition) is 5. The Morgan fingerprint density at radius 3 is 2.64 bits per heavy atom. The van der Waals surface area contributed by atoms with Gasteiger partial charge in [-0.1, -0.05) is 15.9 Å². The summed E-state index contributed by atoms with van der Waals surface area (Å²) in [4.78, 5) is 12.3. The first-order valence-electron chi connectivity index (χ1n) is 7.91. The topological polar surface area (TPSA) is 85.6 Å². The van der Waals surface area contributed by atoms with E-state index in [1.165, 1.54) is 24.3 Å². The molecule has 0 radical (unpaired) electrons. The van der Waals surface area contributed by atoms with Crippen LogP contribution in [0.3, 0.4) is 0 Å². The number of carbonyl (C=O) groups is 1. The summed E-state index contributed by atoms with van der Waals surface area (Å²) in [6.07, 6.45) is 1.96. The molecule has 0 bridgehead atoms. The molecule has 6 nitrogen and oxygen atoms in total. The van der Waals surface area contributed by atoms with Gasteiger partial charge in [0.1, 0.15) is 11.5 Å². The van der Waals surface area contributed by atoms with Crippen molar-refractivity contribution >= 4 is 31.7 Å². The zero-order valence-electron chi connectivity index (χ0n) is 13.4. The van der Waals surface area contributed by atoms with Gasteiger partial charge in [0.25, 0.3) is 5.91 Å². The lowest BCUT2D eigenvalue weighted by Crippen LogP contribution is -2.31. The average molecular weight is 428 g/mol. The predicted molar refractivity (Wildman–Crippen MR) is 95.0 cm³/mol. The van der Waals surface area contributed by atoms with Crippen LogP contribution in [0.1, 0.15) is 29.2 Å². The molecule has 2 aromatic rings. The molecular weight excluding hydrogens is 410 g/mol. The van der Waals surface area contributed by atoms with E-state index < -0.39 is 9.84 Å². The summed E-state index contributed by atoms with van der Waals surface area (Å²) < 4.78 is 36.4. The van der Waals surface area contributed by atoms with Crippen LogP contribution in [-0.2, 0) is 20.3 Å². The van der Waals surface area contributed by atoms with Gasteiger partial charge in [0.15, 0.2) is 15.6 Å². The van der Waals surface area contributed by atoms with Crippen LogP contribution in [-0.4, -0.2) is 33.6 Å². The highest BCUT2D eigenvalue weighted by Crippen LogP contribution is 2.20. The molecule has 1 unspecified atom stereocenters. The van der Waals surface area contributed by atoms with Crippen molar-refractivity contribution < 1.29 is 22.4 Å². The van der Waals surface area contributed by atoms with E-state index in [0.29, 0.717) is 6.54 Å². The highest BCUT2D eigenvalue weighted by atomic mass is 79.9. The van der Waals surface area contributed by atoms with Crippen molar-refractivity contribution in [3.63, 3.8) is 0 Å². The molecule has 1 aromatic heterocycles. The molecule has 2 heterocycles. The average Bonchev–Trinajstić information content (AvgIpc) is 3.24. The largest absolute Gasteiger partial charge is 0.455 e. The van der Waals surface area contributed by atoms with Crippen LogP contribution in [0.2, 0.25) is 0 Å². The van der Waals surface area contributed by atoms with E-state index in [0.717, 1.165) is 23.9 Å². The van der Waals surface area contributed by atoms with Crippen molar-refractivity contribution in [1.29, 1.82) is 0 Å². The molecule has 1 aromatic carbocycles. The number of amides is 1. The second kappa shape index (κ2) is 7.72. The third kappa shape index (κ3) is 4.71. The number of rotatable bonds is 6. The van der Waals surface area contributed by atoms with Crippen molar-refractivity contribution in [3.8, 4) is 0 Å². The molecule has 1 saturated heterocycles. The van der Waals surface area contributed by atoms with Gasteiger partial charge in [0.2, 0.25) is 0 Å². The number of ether oxygens (including phenoxy) is 1. The summed E-state index contributed by atoms with van der Waals surface area (Å²) in [5.41, 5.74) is 0. The van der Waals surface area contributed by atoms with Crippen molar-refractivity contribution in [1.82, 2.24) is 5.32 Å². The molecule has 1 N–H and O–H groups in total. The van der Waals surface area contributed by atoms with Gasteiger partial charge in [-0.05, 0) is 49.2 Å². The quantitative estimate of drug-likeness (QED) is 0.765. The number of sulfone groups is 1. The minimum atomic E-state index is -3.53. The highest BCUT2D eigenvalue weighted by molar-refractivity contribution is 9.10. The number of halogens is 1. The Bertz CT molecular complexity index is 838. The van der Waals surface area contributed by atoms with Crippen LogP contribution in [0, 0.1) is 0 Å². The van der Waals surface area contributed by atoms with Crippen LogP contribution in [0.15, 0.2) is 50.2 Å². The van der Waals surface area contributed by atoms with Gasteiger partial charge in [-0.2, -0.15) is 0 Å². The van der Waals surface area contributed by atoms with Gasteiger partial charge < -0.3 is 14.5 Å². The summed E-state index contributed by atoms with van der Waals surface area (Å²) in [7, 11) is -3.53. The molecule has 0 saturated carbocycles. The minimum absolute atomic E-state index is 0.0381. The van der Waals surface area contributed by atoms with Crippen LogP contribution >= 0.6 is 15.9 Å². The van der Waals surface area contributed by atoms with Crippen LogP contribution in [0.25, 0.3) is 0 Å². The molecule has 1 aliphatic heterocycles. The van der Waals surface area contributed by atoms with E-state index in [4.69, 9.17) is 9.15 Å². The standard InChI is InChI=1S/C17H18BrNO5S/c18-12-3-6-15(7-4-12)25(21,22)11-14-5-8-16(24-14)17(20)19-10-13-2-1-9-23-13/h3-8,13H,1-2,9-11H2,(H,19,20). The van der Waals surface area contributed by atoms with E-state index in [1.54, 1.807) is 12.1 Å². The molecule has 8 heteroatoms. The smallest absolute Gasteiger partial charge is 0.287 e. The Morgan fingerprint density at radius 2 is 1.96 bits per heavy atom. The van der Waals surface area contributed by atoms with Gasteiger partial charge >= 0.3 is 0 Å². The minimum Gasteiger partial charge on any atom is -0.455 e. The Morgan fingerprint density at radius 1 is 1.20 bits per heavy atom. The number of furan rings is 1. The summed E-state index contributed by atoms with van der Waals surface area (Å²) in [6.45, 7) is 1.14. The molecule has 0 aliphatic carbocycles. The molecule has 0 spiro atoms. The summed E-state index contributed by atoms with van der Waals surface area (Å²) >= 11 is 3.27. The normalized spacial score (nSPS) is 17.6. The van der Waals surface area contributed by atoms with Crippen LogP contribution < -0.4 is 5.32 Å². The Hall–Kier alpha value is -1.64. The fraction of sp³-hybridized carbons (Fsp3) is 0.353. The summed E-state index contributed by atoms with van der Waals surface area (Å²) in [6, 6.07) is 9.38. The molecule has 1 amide bonds. The van der Waals surface area contributed by atoms with E-state index in [9.17, 15) is 13.2 Å². The lowest BCUT2D eigenvalue weighted by atomic mass is 10.2. The first kappa shape index (κ1) is 18.2. The predicted octanol–water partition coefficient (Wildman–Crippen LogP) is 2.92. The number of benzene rings is 1. The second-order valence-electron chi connectivity index (χ2n) is 5.82. The number of carbonyl (C=O) groups excluding carboxylic acids is 1. The molecule has 25 heavy (non-hydrogen) atoms. The van der Waals surface area contributed by atoms with Gasteiger partial charge in [-0.25, -0.2) is 8.42 Å². The summed E-state index contributed by atoms with van der Waals surface area (Å²) in [5.74, 6) is -0.347. The highest BCUT2D eigenvalue weighted by Gasteiger charge is 2.21. The third-order valence-electron chi connectivity index (χ3n) is 3.90. The van der Waals surface area contributed by atoms with Crippen molar-refractivity contribution in [2.24, 2.45) is 0 Å². The van der Waals surface area contributed by atoms with E-state index in [2.05, 4.69) is 21.2 Å². The zero-order chi connectivity index (χ0) is 17.9. The van der Waals surface area contributed by atoms with Gasteiger partial charge in [-0.3, -0.25) is 4.79 Å². The van der Waals surface area contributed by atoms with E-state index >= 15 is 0 Å². The molecule has 134 valence electrons. The fourth-order valence-corrected chi connectivity index (χ4v) is 4.10. The summed E-state index contributed by atoms with van der Waals surface area (Å²) in [5, 5.41) is 2.74. The lowest BCUT2D eigenvalue weighted by molar-refractivity contribution is 0.0834. The molecule has 1 fully saturated rings. The van der Waals surface area contributed by atoms with Crippen molar-refractivity contribution in [3.05, 3.63) is 52.4 Å². The molecule has 1 aliphatic rings. The lowest BCUT2D eigenvalue weighted by Gasteiger charge is -2.09. The Kier molecular flexibility index (Phi) is 5.61. The first-order valence-corrected chi connectivity index (χ1v) is 10.4. The Balaban J connectivity index is 1.62. The van der Waals surface area contributed by atoms with Gasteiger partial charge in [-0.15, -0.1) is 0 Å². The molecule has 3 rings (SSSR count). The van der Waals surface area contributed by atoms with E-state index in [-0.39, 0.29) is 34.2 Å². The van der Waals surface area contributed by atoms with Gasteiger partial charge in [0, 0.05) is 17.6 Å². The van der Waals surface area contributed by atoms with Gasteiger partial charge in [0.05, 0.1) is 11.0 Å². The fourth-order valence-electron chi connectivity index (χ4n) is 2.59. The van der Waals surface area contributed by atoms with Crippen LogP contribution in [0.5, 0.6) is 0 Å². The molecule has 1 atom stereocenters. The van der Waals surface area contributed by atoms with Crippen molar-refractivity contribution in [2.75, 3.05) is 13.2 Å². The maximum atomic E-state index is 12.4. The zero-order valence-corrected chi connectivity index (χ0v) is 15.8. The Labute approximate surface area is 154 Å². The maximum Gasteiger partial charge on any atom is 0.287 e. The SMILES string of the molecule is O=C(NCC1CCCO1)c1ccc(CS(=O)(=O)c2ccc(Br)cc2)o1. The third-order valence-corrected chi connectivity index (χ3v) is 6.09. The maximum absolute atomic E-state index is 12.4. The van der Waals surface area contributed by atoms with E-state index in [1.807, 2.05) is 0 Å². The second-order valence-corrected chi connectivity index (χ2v) is 8.73.